The largest absolute Gasteiger partial charge is 0.360 e. The summed E-state index contributed by atoms with van der Waals surface area (Å²) in [6, 6.07) is 12.0. The number of anilines is 2. The predicted octanol–water partition coefficient (Wildman–Crippen LogP) is 3.22. The van der Waals surface area contributed by atoms with Gasteiger partial charge in [0, 0.05) is 16.9 Å². The number of aromatic amines is 1. The highest BCUT2D eigenvalue weighted by atomic mass is 35.5. The van der Waals surface area contributed by atoms with Crippen LogP contribution in [-0.4, -0.2) is 26.5 Å². The van der Waals surface area contributed by atoms with E-state index >= 15 is 0 Å². The lowest BCUT2D eigenvalue weighted by Crippen LogP contribution is -2.14. The summed E-state index contributed by atoms with van der Waals surface area (Å²) in [4.78, 5) is 12.6. The highest BCUT2D eigenvalue weighted by molar-refractivity contribution is 6.31. The highest BCUT2D eigenvalue weighted by Crippen LogP contribution is 2.23. The second-order valence-corrected chi connectivity index (χ2v) is 5.64. The van der Waals surface area contributed by atoms with Gasteiger partial charge in [-0.2, -0.15) is 10.5 Å². The fourth-order valence-corrected chi connectivity index (χ4v) is 2.34. The highest BCUT2D eigenvalue weighted by Gasteiger charge is 2.13. The van der Waals surface area contributed by atoms with Crippen molar-refractivity contribution in [3.63, 3.8) is 0 Å². The molecule has 134 valence electrons. The van der Waals surface area contributed by atoms with Crippen LogP contribution in [0.5, 0.6) is 0 Å². The number of halogens is 2. The minimum atomic E-state index is -0.503. The minimum Gasteiger partial charge on any atom is -0.360 e. The SMILES string of the molecule is N#CC(=CNc1ccc(Cl)cc1C(=O)Nc1cccc(F)c1)c1nn[nH]n1. The zero-order valence-corrected chi connectivity index (χ0v) is 14.3. The molecule has 8 nitrogen and oxygen atoms in total. The molecular weight excluding hydrogens is 373 g/mol. The van der Waals surface area contributed by atoms with Gasteiger partial charge in [0.15, 0.2) is 0 Å². The fourth-order valence-electron chi connectivity index (χ4n) is 2.17. The number of allylic oxidation sites excluding steroid dienone is 1. The van der Waals surface area contributed by atoms with E-state index in [0.717, 1.165) is 0 Å². The number of rotatable bonds is 5. The molecule has 0 aliphatic carbocycles. The molecule has 0 saturated heterocycles. The molecule has 0 atom stereocenters. The Morgan fingerprint density at radius 2 is 2.15 bits per heavy atom. The first-order chi connectivity index (χ1) is 13.1. The van der Waals surface area contributed by atoms with Gasteiger partial charge in [-0.3, -0.25) is 4.79 Å². The summed E-state index contributed by atoms with van der Waals surface area (Å²) in [7, 11) is 0. The molecule has 1 amide bonds. The third kappa shape index (κ3) is 4.45. The Morgan fingerprint density at radius 3 is 2.85 bits per heavy atom. The second-order valence-electron chi connectivity index (χ2n) is 5.20. The molecule has 1 heterocycles. The van der Waals surface area contributed by atoms with Crippen LogP contribution in [0.2, 0.25) is 5.02 Å². The first-order valence-electron chi connectivity index (χ1n) is 7.54. The maximum absolute atomic E-state index is 13.3. The van der Waals surface area contributed by atoms with Crippen molar-refractivity contribution in [3.05, 3.63) is 70.9 Å². The number of amides is 1. The van der Waals surface area contributed by atoms with Crippen molar-refractivity contribution in [3.8, 4) is 6.07 Å². The summed E-state index contributed by atoms with van der Waals surface area (Å²) in [5.41, 5.74) is 0.985. The average molecular weight is 384 g/mol. The van der Waals surface area contributed by atoms with Gasteiger partial charge in [-0.05, 0) is 41.6 Å². The van der Waals surface area contributed by atoms with Crippen LogP contribution in [0.25, 0.3) is 5.57 Å². The Morgan fingerprint density at radius 1 is 1.30 bits per heavy atom. The van der Waals surface area contributed by atoms with Crippen molar-refractivity contribution in [1.29, 1.82) is 5.26 Å². The number of carbonyl (C=O) groups excluding carboxylic acids is 1. The van der Waals surface area contributed by atoms with Crippen molar-refractivity contribution in [2.24, 2.45) is 0 Å². The summed E-state index contributed by atoms with van der Waals surface area (Å²) in [5.74, 6) is -0.874. The molecule has 0 fully saturated rings. The first-order valence-corrected chi connectivity index (χ1v) is 7.91. The zero-order valence-electron chi connectivity index (χ0n) is 13.6. The first kappa shape index (κ1) is 18.0. The van der Waals surface area contributed by atoms with Crippen LogP contribution in [0, 0.1) is 17.1 Å². The van der Waals surface area contributed by atoms with E-state index in [1.165, 1.54) is 30.5 Å². The van der Waals surface area contributed by atoms with Crippen LogP contribution in [0.3, 0.4) is 0 Å². The van der Waals surface area contributed by atoms with Crippen molar-refractivity contribution in [2.75, 3.05) is 10.6 Å². The lowest BCUT2D eigenvalue weighted by atomic mass is 10.1. The van der Waals surface area contributed by atoms with E-state index in [-0.39, 0.29) is 17.0 Å². The molecule has 0 unspecified atom stereocenters. The van der Waals surface area contributed by atoms with Gasteiger partial charge >= 0.3 is 0 Å². The van der Waals surface area contributed by atoms with Crippen molar-refractivity contribution >= 4 is 34.5 Å². The summed E-state index contributed by atoms with van der Waals surface area (Å²) in [5, 5.41) is 28.1. The summed E-state index contributed by atoms with van der Waals surface area (Å²) < 4.78 is 13.3. The molecule has 0 aliphatic rings. The number of aromatic nitrogens is 4. The number of nitriles is 1. The molecular formula is C17H11ClFN7O. The number of carbonyl (C=O) groups is 1. The second kappa shape index (κ2) is 8.07. The van der Waals surface area contributed by atoms with Gasteiger partial charge in [-0.1, -0.05) is 17.7 Å². The monoisotopic (exact) mass is 383 g/mol. The van der Waals surface area contributed by atoms with E-state index in [9.17, 15) is 14.4 Å². The number of tetrazole rings is 1. The van der Waals surface area contributed by atoms with Crippen molar-refractivity contribution < 1.29 is 9.18 Å². The molecule has 3 rings (SSSR count). The Labute approximate surface area is 157 Å². The summed E-state index contributed by atoms with van der Waals surface area (Å²) >= 11 is 5.99. The van der Waals surface area contributed by atoms with Crippen LogP contribution in [-0.2, 0) is 0 Å². The maximum atomic E-state index is 13.3. The van der Waals surface area contributed by atoms with E-state index in [1.807, 2.05) is 6.07 Å². The van der Waals surface area contributed by atoms with E-state index in [1.54, 1.807) is 18.2 Å². The molecule has 0 radical (unpaired) electrons. The number of nitrogens with zero attached hydrogens (tertiary/aromatic N) is 4. The molecule has 27 heavy (non-hydrogen) atoms. The number of nitrogens with one attached hydrogen (secondary N) is 3. The lowest BCUT2D eigenvalue weighted by Gasteiger charge is -2.11. The molecule has 0 spiro atoms. The standard InChI is InChI=1S/C17H11ClFN7O/c18-11-4-5-15(21-9-10(8-20)16-23-25-26-24-16)14(6-11)17(27)22-13-3-1-2-12(19)7-13/h1-7,9,21H,(H,22,27)(H,23,24,25,26). The third-order valence-electron chi connectivity index (χ3n) is 3.39. The maximum Gasteiger partial charge on any atom is 0.257 e. The predicted molar refractivity (Wildman–Crippen MR) is 97.2 cm³/mol. The van der Waals surface area contributed by atoms with Gasteiger partial charge in [0.2, 0.25) is 5.82 Å². The summed E-state index contributed by atoms with van der Waals surface area (Å²) in [6.07, 6.45) is 1.34. The molecule has 0 saturated carbocycles. The van der Waals surface area contributed by atoms with Crippen molar-refractivity contribution in [1.82, 2.24) is 20.6 Å². The van der Waals surface area contributed by atoms with Gasteiger partial charge in [-0.15, -0.1) is 10.2 Å². The van der Waals surface area contributed by atoms with E-state index in [2.05, 4.69) is 31.3 Å². The Hall–Kier alpha value is -3.77. The molecule has 10 heteroatoms. The summed E-state index contributed by atoms with van der Waals surface area (Å²) in [6.45, 7) is 0. The van der Waals surface area contributed by atoms with Crippen LogP contribution in [0.4, 0.5) is 15.8 Å². The third-order valence-corrected chi connectivity index (χ3v) is 3.62. The van der Waals surface area contributed by atoms with Crippen LogP contribution >= 0.6 is 11.6 Å². The fraction of sp³-hybridized carbons (Fsp3) is 0. The smallest absolute Gasteiger partial charge is 0.257 e. The Kier molecular flexibility index (Phi) is 5.39. The Bertz CT molecular complexity index is 1040. The van der Waals surface area contributed by atoms with Crippen LogP contribution < -0.4 is 10.6 Å². The number of H-pyrrole nitrogens is 1. The van der Waals surface area contributed by atoms with Crippen LogP contribution in [0.15, 0.2) is 48.7 Å². The molecule has 0 aliphatic heterocycles. The van der Waals surface area contributed by atoms with Gasteiger partial charge in [0.25, 0.3) is 5.91 Å². The number of hydrogen-bond acceptors (Lipinski definition) is 6. The Balaban J connectivity index is 1.87. The molecule has 2 aromatic carbocycles. The van der Waals surface area contributed by atoms with E-state index in [0.29, 0.717) is 16.4 Å². The topological polar surface area (TPSA) is 119 Å². The van der Waals surface area contributed by atoms with Gasteiger partial charge < -0.3 is 10.6 Å². The van der Waals surface area contributed by atoms with Gasteiger partial charge in [0.1, 0.15) is 17.5 Å². The normalized spacial score (nSPS) is 10.9. The number of benzene rings is 2. The van der Waals surface area contributed by atoms with Crippen molar-refractivity contribution in [2.45, 2.75) is 0 Å². The minimum absolute atomic E-state index is 0.102. The number of hydrogen-bond donors (Lipinski definition) is 3. The zero-order chi connectivity index (χ0) is 19.2. The quantitative estimate of drug-likeness (QED) is 0.582. The van der Waals surface area contributed by atoms with Gasteiger partial charge in [0.05, 0.1) is 11.3 Å². The van der Waals surface area contributed by atoms with Gasteiger partial charge in [-0.25, -0.2) is 4.39 Å². The molecule has 1 aromatic heterocycles. The molecule has 0 bridgehead atoms. The molecule has 3 aromatic rings. The van der Waals surface area contributed by atoms with E-state index < -0.39 is 11.7 Å². The average Bonchev–Trinajstić information content (AvgIpc) is 3.18. The molecule has 3 N–H and O–H groups in total. The lowest BCUT2D eigenvalue weighted by molar-refractivity contribution is 0.102. The van der Waals surface area contributed by atoms with E-state index in [4.69, 9.17) is 11.6 Å². The van der Waals surface area contributed by atoms with Crippen LogP contribution in [0.1, 0.15) is 16.2 Å².